The third-order valence-corrected chi connectivity index (χ3v) is 3.97. The van der Waals surface area contributed by atoms with E-state index in [1.807, 2.05) is 36.2 Å². The number of hydrogen-bond donors (Lipinski definition) is 0. The molecule has 0 spiro atoms. The van der Waals surface area contributed by atoms with Crippen molar-refractivity contribution in [2.24, 2.45) is 5.92 Å². The number of benzene rings is 1. The van der Waals surface area contributed by atoms with Gasteiger partial charge in [0.25, 0.3) is 5.91 Å². The van der Waals surface area contributed by atoms with Gasteiger partial charge in [0.05, 0.1) is 0 Å². The highest BCUT2D eigenvalue weighted by molar-refractivity contribution is 9.10. The van der Waals surface area contributed by atoms with Crippen LogP contribution in [0.2, 0.25) is 0 Å². The minimum Gasteiger partial charge on any atom is -0.341 e. The molecule has 17 heavy (non-hydrogen) atoms. The van der Waals surface area contributed by atoms with E-state index >= 15 is 0 Å². The van der Waals surface area contributed by atoms with Gasteiger partial charge in [0.2, 0.25) is 0 Å². The Hall–Kier alpha value is -0.830. The van der Waals surface area contributed by atoms with Crippen molar-refractivity contribution >= 4 is 21.8 Å². The molecule has 0 bridgehead atoms. The average molecular weight is 296 g/mol. The summed E-state index contributed by atoms with van der Waals surface area (Å²) in [5.74, 6) is 0.837. The van der Waals surface area contributed by atoms with Crippen molar-refractivity contribution < 1.29 is 4.79 Å². The summed E-state index contributed by atoms with van der Waals surface area (Å²) in [6.45, 7) is 0.898. The number of carbonyl (C=O) groups excluding carboxylic acids is 1. The first-order valence-corrected chi connectivity index (χ1v) is 6.97. The van der Waals surface area contributed by atoms with Gasteiger partial charge < -0.3 is 4.90 Å². The predicted molar refractivity (Wildman–Crippen MR) is 73.1 cm³/mol. The molecule has 1 aliphatic carbocycles. The topological polar surface area (TPSA) is 20.3 Å². The van der Waals surface area contributed by atoms with Crippen LogP contribution < -0.4 is 0 Å². The molecule has 0 radical (unpaired) electrons. The van der Waals surface area contributed by atoms with Crippen molar-refractivity contribution in [1.29, 1.82) is 0 Å². The van der Waals surface area contributed by atoms with E-state index in [0.29, 0.717) is 5.92 Å². The second-order valence-electron chi connectivity index (χ2n) is 4.84. The normalized spacial score (nSPS) is 16.1. The highest BCUT2D eigenvalue weighted by atomic mass is 79.9. The van der Waals surface area contributed by atoms with Gasteiger partial charge in [-0.1, -0.05) is 28.8 Å². The molecular weight excluding hydrogens is 278 g/mol. The van der Waals surface area contributed by atoms with E-state index in [1.54, 1.807) is 0 Å². The lowest BCUT2D eigenvalue weighted by Gasteiger charge is -2.21. The van der Waals surface area contributed by atoms with Crippen molar-refractivity contribution in [2.45, 2.75) is 25.7 Å². The quantitative estimate of drug-likeness (QED) is 0.832. The molecular formula is C14H18BrNO. The SMILES string of the molecule is CN(CC1CCCC1)C(=O)c1ccc(Br)cc1. The number of nitrogens with zero attached hydrogens (tertiary/aromatic N) is 1. The van der Waals surface area contributed by atoms with Crippen LogP contribution in [0.15, 0.2) is 28.7 Å². The Labute approximate surface area is 111 Å². The molecule has 0 saturated heterocycles. The van der Waals surface area contributed by atoms with Crippen LogP contribution in [0.25, 0.3) is 0 Å². The maximum Gasteiger partial charge on any atom is 0.253 e. The number of hydrogen-bond acceptors (Lipinski definition) is 1. The van der Waals surface area contributed by atoms with Crippen molar-refractivity contribution in [3.8, 4) is 0 Å². The molecule has 3 heteroatoms. The number of carbonyl (C=O) groups is 1. The average Bonchev–Trinajstić information content (AvgIpc) is 2.82. The van der Waals surface area contributed by atoms with Crippen LogP contribution in [0.5, 0.6) is 0 Å². The lowest BCUT2D eigenvalue weighted by Crippen LogP contribution is -2.31. The first kappa shape index (κ1) is 12.6. The van der Waals surface area contributed by atoms with Crippen LogP contribution in [0, 0.1) is 5.92 Å². The van der Waals surface area contributed by atoms with Crippen LogP contribution in [-0.4, -0.2) is 24.4 Å². The Bertz CT molecular complexity index is 382. The fourth-order valence-corrected chi connectivity index (χ4v) is 2.74. The summed E-state index contributed by atoms with van der Waals surface area (Å²) in [6, 6.07) is 7.57. The van der Waals surface area contributed by atoms with Crippen LogP contribution in [0.4, 0.5) is 0 Å². The Morgan fingerprint density at radius 2 is 1.88 bits per heavy atom. The van der Waals surface area contributed by atoms with E-state index in [-0.39, 0.29) is 5.91 Å². The van der Waals surface area contributed by atoms with Gasteiger partial charge in [0, 0.05) is 23.6 Å². The summed E-state index contributed by atoms with van der Waals surface area (Å²) in [5, 5.41) is 0. The molecule has 2 nitrogen and oxygen atoms in total. The fraction of sp³-hybridized carbons (Fsp3) is 0.500. The van der Waals surface area contributed by atoms with Crippen LogP contribution in [-0.2, 0) is 0 Å². The van der Waals surface area contributed by atoms with Crippen molar-refractivity contribution in [3.05, 3.63) is 34.3 Å². The van der Waals surface area contributed by atoms with Gasteiger partial charge in [-0.2, -0.15) is 0 Å². The minimum absolute atomic E-state index is 0.129. The largest absolute Gasteiger partial charge is 0.341 e. The zero-order chi connectivity index (χ0) is 12.3. The van der Waals surface area contributed by atoms with Gasteiger partial charge in [0.1, 0.15) is 0 Å². The first-order chi connectivity index (χ1) is 8.16. The van der Waals surface area contributed by atoms with E-state index < -0.39 is 0 Å². The number of halogens is 1. The Balaban J connectivity index is 1.96. The Kier molecular flexibility index (Phi) is 4.21. The molecule has 1 saturated carbocycles. The van der Waals surface area contributed by atoms with Crippen molar-refractivity contribution in [2.75, 3.05) is 13.6 Å². The molecule has 0 aromatic heterocycles. The molecule has 0 atom stereocenters. The zero-order valence-electron chi connectivity index (χ0n) is 10.2. The first-order valence-electron chi connectivity index (χ1n) is 6.18. The monoisotopic (exact) mass is 295 g/mol. The van der Waals surface area contributed by atoms with Crippen molar-refractivity contribution in [1.82, 2.24) is 4.90 Å². The van der Waals surface area contributed by atoms with Crippen LogP contribution in [0.3, 0.4) is 0 Å². The van der Waals surface area contributed by atoms with Gasteiger partial charge in [0.15, 0.2) is 0 Å². The summed E-state index contributed by atoms with van der Waals surface area (Å²) in [7, 11) is 1.91. The lowest BCUT2D eigenvalue weighted by atomic mass is 10.1. The standard InChI is InChI=1S/C14H18BrNO/c1-16(10-11-4-2-3-5-11)14(17)12-6-8-13(15)9-7-12/h6-9,11H,2-5,10H2,1H3. The third-order valence-electron chi connectivity index (χ3n) is 3.44. The lowest BCUT2D eigenvalue weighted by molar-refractivity contribution is 0.0773. The zero-order valence-corrected chi connectivity index (χ0v) is 11.7. The molecule has 0 heterocycles. The van der Waals surface area contributed by atoms with Gasteiger partial charge in [-0.25, -0.2) is 0 Å². The molecule has 0 unspecified atom stereocenters. The van der Waals surface area contributed by atoms with E-state index in [4.69, 9.17) is 0 Å². The maximum absolute atomic E-state index is 12.2. The highest BCUT2D eigenvalue weighted by Crippen LogP contribution is 2.25. The van der Waals surface area contributed by atoms with E-state index in [2.05, 4.69) is 15.9 Å². The molecule has 1 fully saturated rings. The summed E-state index contributed by atoms with van der Waals surface area (Å²) in [4.78, 5) is 14.0. The summed E-state index contributed by atoms with van der Waals surface area (Å²) in [5.41, 5.74) is 0.772. The van der Waals surface area contributed by atoms with Crippen LogP contribution in [0.1, 0.15) is 36.0 Å². The van der Waals surface area contributed by atoms with Crippen molar-refractivity contribution in [3.63, 3.8) is 0 Å². The maximum atomic E-state index is 12.2. The van der Waals surface area contributed by atoms with Crippen LogP contribution >= 0.6 is 15.9 Å². The molecule has 2 rings (SSSR count). The summed E-state index contributed by atoms with van der Waals surface area (Å²) < 4.78 is 1.01. The molecule has 1 aliphatic rings. The van der Waals surface area contributed by atoms with E-state index in [1.165, 1.54) is 25.7 Å². The van der Waals surface area contributed by atoms with Gasteiger partial charge in [-0.05, 0) is 43.0 Å². The molecule has 1 aromatic rings. The predicted octanol–water partition coefficient (Wildman–Crippen LogP) is 3.71. The molecule has 0 aliphatic heterocycles. The third kappa shape index (κ3) is 3.32. The minimum atomic E-state index is 0.129. The molecule has 92 valence electrons. The van der Waals surface area contributed by atoms with E-state index in [9.17, 15) is 4.79 Å². The number of rotatable bonds is 3. The Morgan fingerprint density at radius 3 is 2.47 bits per heavy atom. The molecule has 1 aromatic carbocycles. The van der Waals surface area contributed by atoms with Gasteiger partial charge in [-0.15, -0.1) is 0 Å². The van der Waals surface area contributed by atoms with Gasteiger partial charge in [-0.3, -0.25) is 4.79 Å². The van der Waals surface area contributed by atoms with E-state index in [0.717, 1.165) is 16.6 Å². The number of amides is 1. The smallest absolute Gasteiger partial charge is 0.253 e. The Morgan fingerprint density at radius 1 is 1.29 bits per heavy atom. The second kappa shape index (κ2) is 5.67. The molecule has 1 amide bonds. The summed E-state index contributed by atoms with van der Waals surface area (Å²) in [6.07, 6.45) is 5.20. The second-order valence-corrected chi connectivity index (χ2v) is 5.76. The highest BCUT2D eigenvalue weighted by Gasteiger charge is 2.20. The fourth-order valence-electron chi connectivity index (χ4n) is 2.48. The summed E-state index contributed by atoms with van der Waals surface area (Å²) >= 11 is 3.38. The van der Waals surface area contributed by atoms with Gasteiger partial charge >= 0.3 is 0 Å². The molecule has 0 N–H and O–H groups in total.